The first-order valence-corrected chi connectivity index (χ1v) is 7.51. The van der Waals surface area contributed by atoms with Crippen molar-refractivity contribution in [3.05, 3.63) is 34.9 Å². The Balaban J connectivity index is 2.48. The number of rotatable bonds is 4. The highest BCUT2D eigenvalue weighted by Crippen LogP contribution is 2.53. The number of benzene rings is 1. The standard InChI is InChI=1S/C15H17BrF2O2/c1-9(19)15(7-14(2,8-15)20-3)11-5-12(17)10(6-16)4-13(11)18/h4-5H,6-8H2,1-3H3. The molecule has 110 valence electrons. The highest BCUT2D eigenvalue weighted by molar-refractivity contribution is 9.08. The summed E-state index contributed by atoms with van der Waals surface area (Å²) in [4.78, 5) is 12.0. The van der Waals surface area contributed by atoms with E-state index in [1.807, 2.05) is 6.92 Å². The van der Waals surface area contributed by atoms with Crippen molar-refractivity contribution in [3.63, 3.8) is 0 Å². The molecule has 0 saturated heterocycles. The SMILES string of the molecule is COC1(C)CC(C(C)=O)(c2cc(F)c(CBr)cc2F)C1. The minimum absolute atomic E-state index is 0.140. The summed E-state index contributed by atoms with van der Waals surface area (Å²) in [5.41, 5.74) is -1.04. The molecule has 1 aliphatic rings. The predicted octanol–water partition coefficient (Wildman–Crippen LogP) is 3.89. The molecule has 1 saturated carbocycles. The Bertz CT molecular complexity index is 551. The Morgan fingerprint density at radius 3 is 2.40 bits per heavy atom. The number of carbonyl (C=O) groups is 1. The van der Waals surface area contributed by atoms with E-state index in [9.17, 15) is 13.6 Å². The fraction of sp³-hybridized carbons (Fsp3) is 0.533. The maximum Gasteiger partial charge on any atom is 0.140 e. The molecule has 0 heterocycles. The lowest BCUT2D eigenvalue weighted by Gasteiger charge is -2.52. The molecule has 0 unspecified atom stereocenters. The summed E-state index contributed by atoms with van der Waals surface area (Å²) in [7, 11) is 1.56. The lowest BCUT2D eigenvalue weighted by molar-refractivity contribution is -0.146. The number of alkyl halides is 1. The molecule has 5 heteroatoms. The molecule has 1 aromatic carbocycles. The van der Waals surface area contributed by atoms with E-state index < -0.39 is 22.7 Å². The summed E-state index contributed by atoms with van der Waals surface area (Å²) in [6.45, 7) is 3.29. The summed E-state index contributed by atoms with van der Waals surface area (Å²) in [6, 6.07) is 2.31. The summed E-state index contributed by atoms with van der Waals surface area (Å²) >= 11 is 3.11. The molecular weight excluding hydrogens is 330 g/mol. The van der Waals surface area contributed by atoms with Crippen molar-refractivity contribution < 1.29 is 18.3 Å². The van der Waals surface area contributed by atoms with Crippen LogP contribution in [0.3, 0.4) is 0 Å². The van der Waals surface area contributed by atoms with Crippen LogP contribution in [0.15, 0.2) is 12.1 Å². The molecular formula is C15H17BrF2O2. The Hall–Kier alpha value is -0.810. The Morgan fingerprint density at radius 2 is 1.95 bits per heavy atom. The van der Waals surface area contributed by atoms with E-state index in [2.05, 4.69) is 15.9 Å². The summed E-state index contributed by atoms with van der Waals surface area (Å²) in [5, 5.41) is 0.235. The molecule has 0 N–H and O–H groups in total. The quantitative estimate of drug-likeness (QED) is 0.773. The second-order valence-corrected chi connectivity index (χ2v) is 6.26. The van der Waals surface area contributed by atoms with E-state index in [-0.39, 0.29) is 22.2 Å². The van der Waals surface area contributed by atoms with Crippen molar-refractivity contribution in [1.29, 1.82) is 0 Å². The molecule has 0 amide bonds. The van der Waals surface area contributed by atoms with Crippen LogP contribution in [0.1, 0.15) is 37.8 Å². The number of hydrogen-bond donors (Lipinski definition) is 0. The van der Waals surface area contributed by atoms with Gasteiger partial charge in [-0.15, -0.1) is 0 Å². The van der Waals surface area contributed by atoms with E-state index in [4.69, 9.17) is 4.74 Å². The third kappa shape index (κ3) is 2.31. The second-order valence-electron chi connectivity index (χ2n) is 5.70. The van der Waals surface area contributed by atoms with Gasteiger partial charge in [-0.1, -0.05) is 15.9 Å². The highest BCUT2D eigenvalue weighted by atomic mass is 79.9. The van der Waals surface area contributed by atoms with Crippen molar-refractivity contribution in [2.45, 2.75) is 43.0 Å². The number of ketones is 1. The van der Waals surface area contributed by atoms with Gasteiger partial charge >= 0.3 is 0 Å². The normalized spacial score (nSPS) is 29.1. The molecule has 1 aliphatic carbocycles. The Labute approximate surface area is 125 Å². The average Bonchev–Trinajstić information content (AvgIpc) is 2.36. The number of ether oxygens (including phenoxy) is 1. The number of hydrogen-bond acceptors (Lipinski definition) is 2. The largest absolute Gasteiger partial charge is 0.378 e. The summed E-state index contributed by atoms with van der Waals surface area (Å²) in [6.07, 6.45) is 0.742. The van der Waals surface area contributed by atoms with Gasteiger partial charge in [-0.3, -0.25) is 4.79 Å². The number of carbonyl (C=O) groups excluding carboxylic acids is 1. The summed E-state index contributed by atoms with van der Waals surface area (Å²) in [5.74, 6) is -1.18. The fourth-order valence-electron chi connectivity index (χ4n) is 3.06. The maximum atomic E-state index is 14.3. The summed E-state index contributed by atoms with van der Waals surface area (Å²) < 4.78 is 33.5. The van der Waals surface area contributed by atoms with Crippen LogP contribution in [0.5, 0.6) is 0 Å². The molecule has 20 heavy (non-hydrogen) atoms. The molecule has 0 radical (unpaired) electrons. The first kappa shape index (κ1) is 15.6. The van der Waals surface area contributed by atoms with Crippen LogP contribution in [0.25, 0.3) is 0 Å². The number of Topliss-reactive ketones (excluding diaryl/α,β-unsaturated/α-hetero) is 1. The van der Waals surface area contributed by atoms with Crippen LogP contribution in [-0.2, 0) is 20.3 Å². The number of halogens is 3. The van der Waals surface area contributed by atoms with Crippen molar-refractivity contribution in [3.8, 4) is 0 Å². The van der Waals surface area contributed by atoms with E-state index in [1.165, 1.54) is 6.92 Å². The van der Waals surface area contributed by atoms with Crippen LogP contribution >= 0.6 is 15.9 Å². The molecule has 2 rings (SSSR count). The van der Waals surface area contributed by atoms with E-state index in [0.29, 0.717) is 12.8 Å². The smallest absolute Gasteiger partial charge is 0.140 e. The van der Waals surface area contributed by atoms with E-state index in [1.54, 1.807) is 7.11 Å². The third-order valence-electron chi connectivity index (χ3n) is 4.31. The average molecular weight is 347 g/mol. The van der Waals surface area contributed by atoms with Gasteiger partial charge in [0, 0.05) is 23.6 Å². The van der Waals surface area contributed by atoms with Gasteiger partial charge in [0.25, 0.3) is 0 Å². The van der Waals surface area contributed by atoms with Gasteiger partial charge in [0.15, 0.2) is 0 Å². The van der Waals surface area contributed by atoms with Crippen LogP contribution in [0, 0.1) is 11.6 Å². The zero-order valence-electron chi connectivity index (χ0n) is 11.7. The number of methoxy groups -OCH3 is 1. The van der Waals surface area contributed by atoms with Gasteiger partial charge in [-0.25, -0.2) is 8.78 Å². The van der Waals surface area contributed by atoms with Crippen LogP contribution in [-0.4, -0.2) is 18.5 Å². The Morgan fingerprint density at radius 1 is 1.35 bits per heavy atom. The van der Waals surface area contributed by atoms with Gasteiger partial charge in [0.05, 0.1) is 11.0 Å². The first-order valence-electron chi connectivity index (χ1n) is 6.38. The van der Waals surface area contributed by atoms with E-state index >= 15 is 0 Å². The third-order valence-corrected chi connectivity index (χ3v) is 4.92. The zero-order valence-corrected chi connectivity index (χ0v) is 13.3. The fourth-order valence-corrected chi connectivity index (χ4v) is 3.49. The zero-order chi connectivity index (χ0) is 15.1. The van der Waals surface area contributed by atoms with Gasteiger partial charge in [0.1, 0.15) is 17.4 Å². The predicted molar refractivity (Wildman–Crippen MR) is 76.0 cm³/mol. The topological polar surface area (TPSA) is 26.3 Å². The van der Waals surface area contributed by atoms with Gasteiger partial charge < -0.3 is 4.74 Å². The molecule has 0 atom stereocenters. The Kier molecular flexibility index (Phi) is 4.04. The van der Waals surface area contributed by atoms with Gasteiger partial charge in [0.2, 0.25) is 0 Å². The van der Waals surface area contributed by atoms with E-state index in [0.717, 1.165) is 12.1 Å². The van der Waals surface area contributed by atoms with Crippen molar-refractivity contribution >= 4 is 21.7 Å². The minimum Gasteiger partial charge on any atom is -0.378 e. The van der Waals surface area contributed by atoms with Crippen LogP contribution < -0.4 is 0 Å². The monoisotopic (exact) mass is 346 g/mol. The lowest BCUT2D eigenvalue weighted by atomic mass is 9.54. The maximum absolute atomic E-state index is 14.3. The first-order chi connectivity index (χ1) is 9.28. The molecule has 1 fully saturated rings. The van der Waals surface area contributed by atoms with Crippen LogP contribution in [0.4, 0.5) is 8.78 Å². The molecule has 0 aromatic heterocycles. The van der Waals surface area contributed by atoms with Gasteiger partial charge in [-0.2, -0.15) is 0 Å². The molecule has 2 nitrogen and oxygen atoms in total. The molecule has 0 aliphatic heterocycles. The van der Waals surface area contributed by atoms with Gasteiger partial charge in [-0.05, 0) is 38.8 Å². The molecule has 0 spiro atoms. The minimum atomic E-state index is -0.972. The molecule has 1 aromatic rings. The van der Waals surface area contributed by atoms with Crippen molar-refractivity contribution in [2.75, 3.05) is 7.11 Å². The second kappa shape index (κ2) is 5.19. The van der Waals surface area contributed by atoms with Crippen molar-refractivity contribution in [2.24, 2.45) is 0 Å². The highest BCUT2D eigenvalue weighted by Gasteiger charge is 2.57. The van der Waals surface area contributed by atoms with Crippen molar-refractivity contribution in [1.82, 2.24) is 0 Å². The molecule has 0 bridgehead atoms. The van der Waals surface area contributed by atoms with Crippen LogP contribution in [0.2, 0.25) is 0 Å². The lowest BCUT2D eigenvalue weighted by Crippen LogP contribution is -2.57.